The zero-order chi connectivity index (χ0) is 9.80. The van der Waals surface area contributed by atoms with Gasteiger partial charge in [0.1, 0.15) is 0 Å². The van der Waals surface area contributed by atoms with Gasteiger partial charge in [-0.2, -0.15) is 0 Å². The summed E-state index contributed by atoms with van der Waals surface area (Å²) in [7, 11) is 0. The van der Waals surface area contributed by atoms with Crippen LogP contribution in [0.25, 0.3) is 0 Å². The van der Waals surface area contributed by atoms with E-state index >= 15 is 0 Å². The second-order valence-electron chi connectivity index (χ2n) is 2.94. The normalized spacial score (nSPS) is 8.24. The molecule has 4 nitrogen and oxygen atoms in total. The fourth-order valence-electron chi connectivity index (χ4n) is 1.22. The first-order valence-corrected chi connectivity index (χ1v) is 4.27. The van der Waals surface area contributed by atoms with Crippen molar-refractivity contribution in [3.05, 3.63) is 58.5 Å². The Bertz CT molecular complexity index is 475. The fourth-order valence-corrected chi connectivity index (χ4v) is 1.22. The molecule has 7 heteroatoms. The van der Waals surface area contributed by atoms with Crippen LogP contribution in [0.4, 0.5) is 0 Å². The molecule has 2 rings (SSSR count). The molecule has 0 atom stereocenters. The Balaban J connectivity index is 0. The average Bonchev–Trinajstić information content (AvgIpc) is 2.23. The highest BCUT2D eigenvalue weighted by Crippen LogP contribution is 2.01. The van der Waals surface area contributed by atoms with Gasteiger partial charge in [0.2, 0.25) is 0 Å². The number of halogens is 3. The number of pyridine rings is 1. The molecule has 0 saturated heterocycles. The van der Waals surface area contributed by atoms with Gasteiger partial charge in [-0.3, -0.25) is 9.78 Å². The lowest BCUT2D eigenvalue weighted by Gasteiger charge is -1.98. The van der Waals surface area contributed by atoms with Crippen molar-refractivity contribution in [1.29, 1.82) is 0 Å². The van der Waals surface area contributed by atoms with E-state index in [-0.39, 0.29) is 42.8 Å². The van der Waals surface area contributed by atoms with Crippen molar-refractivity contribution in [2.75, 3.05) is 0 Å². The van der Waals surface area contributed by atoms with Gasteiger partial charge >= 0.3 is 0 Å². The summed E-state index contributed by atoms with van der Waals surface area (Å²) in [5, 5.41) is 0. The number of H-pyrrole nitrogens is 1. The van der Waals surface area contributed by atoms with E-state index in [0.717, 1.165) is 5.56 Å². The van der Waals surface area contributed by atoms with Crippen LogP contribution in [0.2, 0.25) is 0 Å². The number of nitrogens with zero attached hydrogens (tertiary/aromatic N) is 2. The van der Waals surface area contributed by atoms with Crippen molar-refractivity contribution in [2.24, 2.45) is 0 Å². The summed E-state index contributed by atoms with van der Waals surface area (Å²) >= 11 is 0. The van der Waals surface area contributed by atoms with E-state index in [0.29, 0.717) is 12.0 Å². The molecule has 0 aliphatic carbocycles. The van der Waals surface area contributed by atoms with E-state index in [1.807, 2.05) is 12.1 Å². The van der Waals surface area contributed by atoms with Crippen LogP contribution in [-0.2, 0) is 6.42 Å². The standard InChI is InChI=1S/C10H9N3O.3ClH/c14-10-9(6-12-7-13-10)4-8-2-1-3-11-5-8;;;/h1-3,5-7H,4H2,(H,12,13,14);3*1H. The number of aromatic amines is 1. The van der Waals surface area contributed by atoms with E-state index in [9.17, 15) is 4.79 Å². The summed E-state index contributed by atoms with van der Waals surface area (Å²) in [5.41, 5.74) is 1.57. The van der Waals surface area contributed by atoms with Crippen molar-refractivity contribution >= 4 is 37.2 Å². The van der Waals surface area contributed by atoms with Gasteiger partial charge < -0.3 is 4.98 Å². The number of hydrogen-bond acceptors (Lipinski definition) is 3. The number of nitrogens with one attached hydrogen (secondary N) is 1. The number of hydrogen-bond donors (Lipinski definition) is 1. The lowest BCUT2D eigenvalue weighted by Crippen LogP contribution is -2.12. The van der Waals surface area contributed by atoms with E-state index in [4.69, 9.17) is 0 Å². The van der Waals surface area contributed by atoms with Gasteiger partial charge in [0.25, 0.3) is 5.56 Å². The van der Waals surface area contributed by atoms with Crippen LogP contribution < -0.4 is 5.56 Å². The van der Waals surface area contributed by atoms with Crippen molar-refractivity contribution in [3.63, 3.8) is 0 Å². The summed E-state index contributed by atoms with van der Waals surface area (Å²) in [5.74, 6) is 0. The molecular formula is C10H12Cl3N3O. The zero-order valence-corrected chi connectivity index (χ0v) is 11.1. The quantitative estimate of drug-likeness (QED) is 0.922. The minimum atomic E-state index is -0.0937. The lowest BCUT2D eigenvalue weighted by atomic mass is 10.1. The predicted molar refractivity (Wildman–Crippen MR) is 73.6 cm³/mol. The maximum absolute atomic E-state index is 11.3. The molecule has 2 aromatic heterocycles. The van der Waals surface area contributed by atoms with E-state index in [1.165, 1.54) is 6.33 Å². The van der Waals surface area contributed by atoms with E-state index in [1.54, 1.807) is 18.6 Å². The van der Waals surface area contributed by atoms with Gasteiger partial charge in [0.05, 0.1) is 6.33 Å². The van der Waals surface area contributed by atoms with Crippen molar-refractivity contribution < 1.29 is 0 Å². The van der Waals surface area contributed by atoms with Crippen LogP contribution in [0, 0.1) is 0 Å². The van der Waals surface area contributed by atoms with Crippen LogP contribution in [-0.4, -0.2) is 15.0 Å². The highest BCUT2D eigenvalue weighted by atomic mass is 35.5. The van der Waals surface area contributed by atoms with Crippen LogP contribution in [0.1, 0.15) is 11.1 Å². The van der Waals surface area contributed by atoms with Gasteiger partial charge in [0.15, 0.2) is 0 Å². The van der Waals surface area contributed by atoms with Gasteiger partial charge in [0, 0.05) is 30.6 Å². The summed E-state index contributed by atoms with van der Waals surface area (Å²) in [6.07, 6.45) is 6.97. The molecule has 0 amide bonds. The Hall–Kier alpha value is -1.10. The van der Waals surface area contributed by atoms with Crippen molar-refractivity contribution in [2.45, 2.75) is 6.42 Å². The third-order valence-corrected chi connectivity index (χ3v) is 1.91. The molecule has 0 aliphatic rings. The Kier molecular flexibility index (Phi) is 9.66. The zero-order valence-electron chi connectivity index (χ0n) is 8.70. The van der Waals surface area contributed by atoms with Crippen molar-refractivity contribution in [3.8, 4) is 0 Å². The monoisotopic (exact) mass is 295 g/mol. The fraction of sp³-hybridized carbons (Fsp3) is 0.100. The SMILES string of the molecule is Cl.Cl.Cl.O=c1[nH]cncc1Cc1cccnc1. The molecule has 0 spiro atoms. The number of aromatic nitrogens is 3. The molecular weight excluding hydrogens is 284 g/mol. The molecule has 1 N–H and O–H groups in total. The first kappa shape index (κ1) is 18.3. The minimum Gasteiger partial charge on any atom is -0.313 e. The molecule has 0 unspecified atom stereocenters. The summed E-state index contributed by atoms with van der Waals surface area (Å²) in [4.78, 5) is 21.7. The number of rotatable bonds is 2. The highest BCUT2D eigenvalue weighted by molar-refractivity contribution is 5.86. The third-order valence-electron chi connectivity index (χ3n) is 1.91. The summed E-state index contributed by atoms with van der Waals surface area (Å²) < 4.78 is 0. The Morgan fingerprint density at radius 3 is 2.47 bits per heavy atom. The first-order chi connectivity index (χ1) is 6.86. The molecule has 2 heterocycles. The summed E-state index contributed by atoms with van der Waals surface area (Å²) in [6, 6.07) is 3.78. The minimum absolute atomic E-state index is 0. The van der Waals surface area contributed by atoms with Crippen molar-refractivity contribution in [1.82, 2.24) is 15.0 Å². The average molecular weight is 297 g/mol. The second-order valence-corrected chi connectivity index (χ2v) is 2.94. The Morgan fingerprint density at radius 2 is 1.88 bits per heavy atom. The highest BCUT2D eigenvalue weighted by Gasteiger charge is 2.00. The Morgan fingerprint density at radius 1 is 1.12 bits per heavy atom. The van der Waals surface area contributed by atoms with Crippen LogP contribution in [0.5, 0.6) is 0 Å². The molecule has 0 aliphatic heterocycles. The molecule has 17 heavy (non-hydrogen) atoms. The van der Waals surface area contributed by atoms with Crippen LogP contribution in [0.15, 0.2) is 41.8 Å². The van der Waals surface area contributed by atoms with E-state index in [2.05, 4.69) is 15.0 Å². The van der Waals surface area contributed by atoms with Crippen LogP contribution >= 0.6 is 37.2 Å². The summed E-state index contributed by atoms with van der Waals surface area (Å²) in [6.45, 7) is 0. The second kappa shape index (κ2) is 8.98. The Labute approximate surface area is 117 Å². The molecule has 0 fully saturated rings. The molecule has 2 aromatic rings. The smallest absolute Gasteiger partial charge is 0.254 e. The molecule has 0 saturated carbocycles. The first-order valence-electron chi connectivity index (χ1n) is 4.27. The van der Waals surface area contributed by atoms with Gasteiger partial charge in [-0.15, -0.1) is 37.2 Å². The molecule has 0 bridgehead atoms. The lowest BCUT2D eigenvalue weighted by molar-refractivity contribution is 1.02. The topological polar surface area (TPSA) is 58.6 Å². The van der Waals surface area contributed by atoms with Gasteiger partial charge in [-0.25, -0.2) is 4.98 Å². The van der Waals surface area contributed by atoms with Gasteiger partial charge in [-0.05, 0) is 11.6 Å². The van der Waals surface area contributed by atoms with E-state index < -0.39 is 0 Å². The third kappa shape index (κ3) is 5.17. The largest absolute Gasteiger partial charge is 0.313 e. The predicted octanol–water partition coefficient (Wildman–Crippen LogP) is 2.02. The molecule has 94 valence electrons. The molecule has 0 aromatic carbocycles. The maximum atomic E-state index is 11.3. The van der Waals surface area contributed by atoms with Crippen LogP contribution in [0.3, 0.4) is 0 Å². The maximum Gasteiger partial charge on any atom is 0.254 e. The van der Waals surface area contributed by atoms with Gasteiger partial charge in [-0.1, -0.05) is 6.07 Å². The molecule has 0 radical (unpaired) electrons.